The monoisotopic (exact) mass is 303 g/mol. The molecule has 1 aliphatic heterocycles. The molecule has 1 unspecified atom stereocenters. The standard InChI is InChI=1S/C17H22FN3O/c1-12-9-20(2)17(19-12)13-7-8-21(10-13)11-14-15(18)5-4-6-16(14)22-3/h4-6,9,13H,7-8,10-11H2,1-3H3. The summed E-state index contributed by atoms with van der Waals surface area (Å²) in [6, 6.07) is 4.99. The first-order valence-corrected chi connectivity index (χ1v) is 7.62. The van der Waals surface area contributed by atoms with Gasteiger partial charge in [-0.2, -0.15) is 0 Å². The van der Waals surface area contributed by atoms with E-state index >= 15 is 0 Å². The third-order valence-corrected chi connectivity index (χ3v) is 4.35. The second-order valence-corrected chi connectivity index (χ2v) is 5.99. The number of hydrogen-bond acceptors (Lipinski definition) is 3. The quantitative estimate of drug-likeness (QED) is 0.870. The van der Waals surface area contributed by atoms with Crippen LogP contribution in [0.4, 0.5) is 4.39 Å². The number of likely N-dealkylation sites (tertiary alicyclic amines) is 1. The first-order valence-electron chi connectivity index (χ1n) is 7.62. The smallest absolute Gasteiger partial charge is 0.131 e. The van der Waals surface area contributed by atoms with Crippen LogP contribution in [0, 0.1) is 12.7 Å². The second-order valence-electron chi connectivity index (χ2n) is 5.99. The van der Waals surface area contributed by atoms with Crippen molar-refractivity contribution < 1.29 is 9.13 Å². The van der Waals surface area contributed by atoms with Gasteiger partial charge in [-0.05, 0) is 32.0 Å². The largest absolute Gasteiger partial charge is 0.496 e. The fourth-order valence-electron chi connectivity index (χ4n) is 3.31. The molecule has 1 saturated heterocycles. The van der Waals surface area contributed by atoms with Gasteiger partial charge in [-0.1, -0.05) is 6.07 Å². The molecule has 3 rings (SSSR count). The van der Waals surface area contributed by atoms with Gasteiger partial charge >= 0.3 is 0 Å². The van der Waals surface area contributed by atoms with Crippen LogP contribution < -0.4 is 4.74 Å². The van der Waals surface area contributed by atoms with Crippen molar-refractivity contribution in [2.75, 3.05) is 20.2 Å². The van der Waals surface area contributed by atoms with Gasteiger partial charge in [-0.15, -0.1) is 0 Å². The Morgan fingerprint density at radius 1 is 1.41 bits per heavy atom. The molecule has 5 heteroatoms. The Labute approximate surface area is 130 Å². The van der Waals surface area contributed by atoms with Crippen molar-refractivity contribution in [3.8, 4) is 5.75 Å². The molecule has 2 aromatic rings. The van der Waals surface area contributed by atoms with Gasteiger partial charge in [-0.25, -0.2) is 9.37 Å². The summed E-state index contributed by atoms with van der Waals surface area (Å²) in [6.07, 6.45) is 3.11. The Morgan fingerprint density at radius 3 is 2.91 bits per heavy atom. The van der Waals surface area contributed by atoms with Gasteiger partial charge in [-0.3, -0.25) is 4.90 Å². The number of ether oxygens (including phenoxy) is 1. The van der Waals surface area contributed by atoms with E-state index in [0.29, 0.717) is 23.8 Å². The Hall–Kier alpha value is -1.88. The van der Waals surface area contributed by atoms with Crippen LogP contribution in [0.3, 0.4) is 0 Å². The molecular formula is C17H22FN3O. The number of rotatable bonds is 4. The van der Waals surface area contributed by atoms with E-state index in [1.807, 2.05) is 20.0 Å². The zero-order valence-electron chi connectivity index (χ0n) is 13.3. The zero-order valence-corrected chi connectivity index (χ0v) is 13.3. The van der Waals surface area contributed by atoms with Crippen molar-refractivity contribution in [2.24, 2.45) is 7.05 Å². The first kappa shape index (κ1) is 15.0. The molecule has 0 N–H and O–H groups in total. The van der Waals surface area contributed by atoms with Gasteiger partial charge < -0.3 is 9.30 Å². The predicted octanol–water partition coefficient (Wildman–Crippen LogP) is 2.87. The molecule has 0 aliphatic carbocycles. The molecule has 1 atom stereocenters. The summed E-state index contributed by atoms with van der Waals surface area (Å²) in [6.45, 7) is 4.45. The summed E-state index contributed by atoms with van der Waals surface area (Å²) < 4.78 is 21.4. The Bertz CT molecular complexity index is 668. The Morgan fingerprint density at radius 2 is 2.23 bits per heavy atom. The normalized spacial score (nSPS) is 18.8. The molecule has 1 fully saturated rings. The van der Waals surface area contributed by atoms with Crippen LogP contribution in [0.1, 0.15) is 29.4 Å². The fourth-order valence-corrected chi connectivity index (χ4v) is 3.31. The molecule has 0 amide bonds. The van der Waals surface area contributed by atoms with Crippen LogP contribution >= 0.6 is 0 Å². The maximum Gasteiger partial charge on any atom is 0.131 e. The van der Waals surface area contributed by atoms with Gasteiger partial charge in [0.25, 0.3) is 0 Å². The number of hydrogen-bond donors (Lipinski definition) is 0. The lowest BCUT2D eigenvalue weighted by Gasteiger charge is -2.18. The lowest BCUT2D eigenvalue weighted by Crippen LogP contribution is -2.21. The SMILES string of the molecule is COc1cccc(F)c1CN1CCC(c2nc(C)cn2C)C1. The first-order chi connectivity index (χ1) is 10.6. The van der Waals surface area contributed by atoms with Crippen molar-refractivity contribution in [2.45, 2.75) is 25.8 Å². The fraction of sp³-hybridized carbons (Fsp3) is 0.471. The summed E-state index contributed by atoms with van der Waals surface area (Å²) in [4.78, 5) is 6.90. The number of halogens is 1. The van der Waals surface area contributed by atoms with Gasteiger partial charge in [0, 0.05) is 37.8 Å². The van der Waals surface area contributed by atoms with E-state index in [-0.39, 0.29) is 5.82 Å². The van der Waals surface area contributed by atoms with Crippen LogP contribution in [0.2, 0.25) is 0 Å². The molecule has 1 aromatic heterocycles. The van der Waals surface area contributed by atoms with E-state index in [4.69, 9.17) is 4.74 Å². The van der Waals surface area contributed by atoms with Crippen LogP contribution in [0.25, 0.3) is 0 Å². The molecule has 1 aromatic carbocycles. The minimum atomic E-state index is -0.198. The van der Waals surface area contributed by atoms with Gasteiger partial charge in [0.05, 0.1) is 12.8 Å². The van der Waals surface area contributed by atoms with Crippen molar-refractivity contribution in [3.63, 3.8) is 0 Å². The number of aromatic nitrogens is 2. The number of nitrogens with zero attached hydrogens (tertiary/aromatic N) is 3. The van der Waals surface area contributed by atoms with Crippen LogP contribution in [-0.2, 0) is 13.6 Å². The van der Waals surface area contributed by atoms with E-state index in [1.165, 1.54) is 6.07 Å². The van der Waals surface area contributed by atoms with E-state index in [1.54, 1.807) is 13.2 Å². The highest BCUT2D eigenvalue weighted by molar-refractivity contribution is 5.34. The average molecular weight is 303 g/mol. The Kier molecular flexibility index (Phi) is 4.16. The maximum absolute atomic E-state index is 14.1. The van der Waals surface area contributed by atoms with Crippen LogP contribution in [0.5, 0.6) is 5.75 Å². The number of aryl methyl sites for hydroxylation is 2. The van der Waals surface area contributed by atoms with Crippen molar-refractivity contribution in [1.82, 2.24) is 14.5 Å². The van der Waals surface area contributed by atoms with Gasteiger partial charge in [0.2, 0.25) is 0 Å². The highest BCUT2D eigenvalue weighted by Crippen LogP contribution is 2.30. The summed E-state index contributed by atoms with van der Waals surface area (Å²) in [5, 5.41) is 0. The van der Waals surface area contributed by atoms with Crippen molar-refractivity contribution in [3.05, 3.63) is 47.3 Å². The minimum Gasteiger partial charge on any atom is -0.496 e. The van der Waals surface area contributed by atoms with Crippen molar-refractivity contribution in [1.29, 1.82) is 0 Å². The molecule has 4 nitrogen and oxygen atoms in total. The molecule has 0 spiro atoms. The molecule has 2 heterocycles. The predicted molar refractivity (Wildman–Crippen MR) is 83.5 cm³/mol. The lowest BCUT2D eigenvalue weighted by molar-refractivity contribution is 0.309. The summed E-state index contributed by atoms with van der Waals surface area (Å²) in [5.74, 6) is 1.96. The maximum atomic E-state index is 14.1. The molecular weight excluding hydrogens is 281 g/mol. The van der Waals surface area contributed by atoms with E-state index in [9.17, 15) is 4.39 Å². The van der Waals surface area contributed by atoms with E-state index in [0.717, 1.165) is 31.0 Å². The van der Waals surface area contributed by atoms with Gasteiger partial charge in [0.1, 0.15) is 17.4 Å². The third kappa shape index (κ3) is 2.86. The topological polar surface area (TPSA) is 30.3 Å². The molecule has 0 bridgehead atoms. The summed E-state index contributed by atoms with van der Waals surface area (Å²) in [5.41, 5.74) is 1.69. The van der Waals surface area contributed by atoms with Crippen molar-refractivity contribution >= 4 is 0 Å². The average Bonchev–Trinajstić information content (AvgIpc) is 3.07. The number of benzene rings is 1. The lowest BCUT2D eigenvalue weighted by atomic mass is 10.1. The summed E-state index contributed by atoms with van der Waals surface area (Å²) in [7, 11) is 3.62. The Balaban J connectivity index is 1.73. The number of methoxy groups -OCH3 is 1. The molecule has 1 aliphatic rings. The van der Waals surface area contributed by atoms with Gasteiger partial charge in [0.15, 0.2) is 0 Å². The highest BCUT2D eigenvalue weighted by Gasteiger charge is 2.28. The molecule has 0 saturated carbocycles. The molecule has 22 heavy (non-hydrogen) atoms. The van der Waals surface area contributed by atoms with E-state index < -0.39 is 0 Å². The van der Waals surface area contributed by atoms with E-state index in [2.05, 4.69) is 20.6 Å². The number of imidazole rings is 1. The summed E-state index contributed by atoms with van der Waals surface area (Å²) >= 11 is 0. The molecule has 0 radical (unpaired) electrons. The van der Waals surface area contributed by atoms with Crippen LogP contribution in [-0.4, -0.2) is 34.7 Å². The zero-order chi connectivity index (χ0) is 15.7. The second kappa shape index (κ2) is 6.08. The minimum absolute atomic E-state index is 0.198. The highest BCUT2D eigenvalue weighted by atomic mass is 19.1. The molecule has 118 valence electrons. The third-order valence-electron chi connectivity index (χ3n) is 4.35. The van der Waals surface area contributed by atoms with Crippen LogP contribution in [0.15, 0.2) is 24.4 Å².